The zero-order valence-corrected chi connectivity index (χ0v) is 10.9. The van der Waals surface area contributed by atoms with Crippen molar-refractivity contribution in [3.63, 3.8) is 0 Å². The second-order valence-electron chi connectivity index (χ2n) is 5.40. The van der Waals surface area contributed by atoms with E-state index < -0.39 is 5.60 Å². The lowest BCUT2D eigenvalue weighted by molar-refractivity contribution is -0.110. The van der Waals surface area contributed by atoms with Crippen molar-refractivity contribution in [1.82, 2.24) is 10.2 Å². The maximum Gasteiger partial charge on any atom is 0.410 e. The van der Waals surface area contributed by atoms with Crippen LogP contribution in [0.5, 0.6) is 0 Å². The molecule has 0 saturated carbocycles. The van der Waals surface area contributed by atoms with Gasteiger partial charge in [0.1, 0.15) is 5.60 Å². The summed E-state index contributed by atoms with van der Waals surface area (Å²) in [6, 6.07) is 0.0440. The largest absolute Gasteiger partial charge is 0.444 e. The average molecular weight is 242 g/mol. The Kier molecular flexibility index (Phi) is 4.78. The highest BCUT2D eigenvalue weighted by molar-refractivity contribution is 5.68. The number of ether oxygens (including phenoxy) is 1. The van der Waals surface area contributed by atoms with Crippen LogP contribution in [0.3, 0.4) is 0 Å². The Hall–Kier alpha value is -1.26. The summed E-state index contributed by atoms with van der Waals surface area (Å²) in [5, 5.41) is 2.74. The molecule has 1 unspecified atom stereocenters. The third-order valence-electron chi connectivity index (χ3n) is 2.63. The van der Waals surface area contributed by atoms with Gasteiger partial charge in [0.25, 0.3) is 0 Å². The molecule has 1 fully saturated rings. The van der Waals surface area contributed by atoms with Gasteiger partial charge >= 0.3 is 6.09 Å². The quantitative estimate of drug-likeness (QED) is 0.747. The molecular weight excluding hydrogens is 220 g/mol. The van der Waals surface area contributed by atoms with E-state index >= 15 is 0 Å². The second-order valence-corrected chi connectivity index (χ2v) is 5.40. The predicted octanol–water partition coefficient (Wildman–Crippen LogP) is 1.52. The molecule has 0 spiro atoms. The Morgan fingerprint density at radius 3 is 2.71 bits per heavy atom. The maximum absolute atomic E-state index is 11.9. The number of hydrogen-bond acceptors (Lipinski definition) is 3. The van der Waals surface area contributed by atoms with Crippen LogP contribution in [0, 0.1) is 0 Å². The lowest BCUT2D eigenvalue weighted by Gasteiger charge is -2.28. The Morgan fingerprint density at radius 1 is 1.41 bits per heavy atom. The van der Waals surface area contributed by atoms with E-state index in [2.05, 4.69) is 5.32 Å². The van der Waals surface area contributed by atoms with Crippen LogP contribution in [0.25, 0.3) is 0 Å². The van der Waals surface area contributed by atoms with Crippen LogP contribution in [-0.2, 0) is 9.53 Å². The summed E-state index contributed by atoms with van der Waals surface area (Å²) in [4.78, 5) is 24.0. The molecule has 98 valence electrons. The SMILES string of the molecule is CC(C)(C)OC(=O)N1CCCCC(NC=O)C1. The van der Waals surface area contributed by atoms with Gasteiger partial charge in [0.05, 0.1) is 0 Å². The fourth-order valence-electron chi connectivity index (χ4n) is 1.87. The number of rotatable bonds is 2. The molecule has 0 aromatic carbocycles. The predicted molar refractivity (Wildman–Crippen MR) is 64.6 cm³/mol. The van der Waals surface area contributed by atoms with Crippen LogP contribution in [0.2, 0.25) is 0 Å². The summed E-state index contributed by atoms with van der Waals surface area (Å²) in [6.07, 6.45) is 3.29. The number of nitrogens with zero attached hydrogens (tertiary/aromatic N) is 1. The first-order chi connectivity index (χ1) is 7.92. The normalized spacial score (nSPS) is 21.6. The van der Waals surface area contributed by atoms with Crippen molar-refractivity contribution < 1.29 is 14.3 Å². The van der Waals surface area contributed by atoms with Gasteiger partial charge in [-0.2, -0.15) is 0 Å². The molecule has 0 aromatic rings. The minimum atomic E-state index is -0.475. The molecule has 1 saturated heterocycles. The minimum absolute atomic E-state index is 0.0440. The number of carbonyl (C=O) groups excluding carboxylic acids is 2. The molecule has 1 heterocycles. The first-order valence-electron chi connectivity index (χ1n) is 6.10. The number of amides is 2. The zero-order chi connectivity index (χ0) is 12.9. The van der Waals surface area contributed by atoms with E-state index in [1.165, 1.54) is 0 Å². The van der Waals surface area contributed by atoms with Crippen LogP contribution in [-0.4, -0.2) is 42.1 Å². The number of hydrogen-bond donors (Lipinski definition) is 1. The van der Waals surface area contributed by atoms with Crippen molar-refractivity contribution in [2.24, 2.45) is 0 Å². The molecule has 0 radical (unpaired) electrons. The van der Waals surface area contributed by atoms with Gasteiger partial charge < -0.3 is 15.0 Å². The highest BCUT2D eigenvalue weighted by atomic mass is 16.6. The van der Waals surface area contributed by atoms with Crippen molar-refractivity contribution in [2.75, 3.05) is 13.1 Å². The summed E-state index contributed by atoms with van der Waals surface area (Å²) in [5.41, 5.74) is -0.475. The number of likely N-dealkylation sites (tertiary alicyclic amines) is 1. The van der Waals surface area contributed by atoms with Crippen LogP contribution in [0.1, 0.15) is 40.0 Å². The highest BCUT2D eigenvalue weighted by Crippen LogP contribution is 2.15. The Bertz CT molecular complexity index is 273. The molecule has 2 amide bonds. The minimum Gasteiger partial charge on any atom is -0.444 e. The lowest BCUT2D eigenvalue weighted by Crippen LogP contribution is -2.44. The van der Waals surface area contributed by atoms with Gasteiger partial charge in [-0.15, -0.1) is 0 Å². The van der Waals surface area contributed by atoms with Crippen molar-refractivity contribution in [2.45, 2.75) is 51.7 Å². The Labute approximate surface area is 102 Å². The number of carbonyl (C=O) groups is 2. The zero-order valence-electron chi connectivity index (χ0n) is 10.9. The smallest absolute Gasteiger partial charge is 0.410 e. The van der Waals surface area contributed by atoms with Crippen LogP contribution in [0.15, 0.2) is 0 Å². The summed E-state index contributed by atoms with van der Waals surface area (Å²) in [5.74, 6) is 0. The van der Waals surface area contributed by atoms with E-state index in [0.29, 0.717) is 19.5 Å². The summed E-state index contributed by atoms with van der Waals surface area (Å²) in [7, 11) is 0. The summed E-state index contributed by atoms with van der Waals surface area (Å²) >= 11 is 0. The third kappa shape index (κ3) is 5.06. The van der Waals surface area contributed by atoms with Crippen molar-refractivity contribution in [3.05, 3.63) is 0 Å². The third-order valence-corrected chi connectivity index (χ3v) is 2.63. The van der Waals surface area contributed by atoms with E-state index in [1.807, 2.05) is 20.8 Å². The van der Waals surface area contributed by atoms with Gasteiger partial charge in [-0.25, -0.2) is 4.79 Å². The van der Waals surface area contributed by atoms with Crippen molar-refractivity contribution in [1.29, 1.82) is 0 Å². The van der Waals surface area contributed by atoms with Crippen LogP contribution >= 0.6 is 0 Å². The van der Waals surface area contributed by atoms with E-state index in [-0.39, 0.29) is 12.1 Å². The fourth-order valence-corrected chi connectivity index (χ4v) is 1.87. The highest BCUT2D eigenvalue weighted by Gasteiger charge is 2.25. The Balaban J connectivity index is 2.55. The standard InChI is InChI=1S/C12H22N2O3/c1-12(2,3)17-11(16)14-7-5-4-6-10(8-14)13-9-15/h9-10H,4-8H2,1-3H3,(H,13,15). The number of nitrogens with one attached hydrogen (secondary N) is 1. The van der Waals surface area contributed by atoms with Gasteiger partial charge in [-0.1, -0.05) is 0 Å². The van der Waals surface area contributed by atoms with E-state index in [9.17, 15) is 9.59 Å². The van der Waals surface area contributed by atoms with Crippen molar-refractivity contribution in [3.8, 4) is 0 Å². The first-order valence-corrected chi connectivity index (χ1v) is 6.10. The summed E-state index contributed by atoms with van der Waals surface area (Å²) in [6.45, 7) is 6.79. The average Bonchev–Trinajstić information content (AvgIpc) is 2.41. The molecule has 1 aliphatic rings. The monoisotopic (exact) mass is 242 g/mol. The molecular formula is C12H22N2O3. The molecule has 1 aliphatic heterocycles. The molecule has 0 aromatic heterocycles. The topological polar surface area (TPSA) is 58.6 Å². The van der Waals surface area contributed by atoms with E-state index in [0.717, 1.165) is 19.3 Å². The lowest BCUT2D eigenvalue weighted by atomic mass is 10.1. The van der Waals surface area contributed by atoms with Crippen molar-refractivity contribution >= 4 is 12.5 Å². The van der Waals surface area contributed by atoms with Gasteiger partial charge in [-0.05, 0) is 40.0 Å². The first kappa shape index (κ1) is 13.8. The molecule has 1 rings (SSSR count). The van der Waals surface area contributed by atoms with Gasteiger partial charge in [-0.3, -0.25) is 4.79 Å². The molecule has 17 heavy (non-hydrogen) atoms. The molecule has 5 nitrogen and oxygen atoms in total. The van der Waals surface area contributed by atoms with E-state index in [1.54, 1.807) is 4.90 Å². The molecule has 0 bridgehead atoms. The van der Waals surface area contributed by atoms with E-state index in [4.69, 9.17) is 4.74 Å². The van der Waals surface area contributed by atoms with Crippen LogP contribution < -0.4 is 5.32 Å². The van der Waals surface area contributed by atoms with Gasteiger partial charge in [0, 0.05) is 19.1 Å². The van der Waals surface area contributed by atoms with Gasteiger partial charge in [0.15, 0.2) is 0 Å². The van der Waals surface area contributed by atoms with Gasteiger partial charge in [0.2, 0.25) is 6.41 Å². The second kappa shape index (κ2) is 5.89. The summed E-state index contributed by atoms with van der Waals surface area (Å²) < 4.78 is 5.33. The Morgan fingerprint density at radius 2 is 2.12 bits per heavy atom. The van der Waals surface area contributed by atoms with Crippen LogP contribution in [0.4, 0.5) is 4.79 Å². The molecule has 0 aliphatic carbocycles. The molecule has 5 heteroatoms. The molecule has 1 N–H and O–H groups in total. The maximum atomic E-state index is 11.9. The fraction of sp³-hybridized carbons (Fsp3) is 0.833. The molecule has 1 atom stereocenters.